The van der Waals surface area contributed by atoms with Crippen LogP contribution in [-0.2, 0) is 9.53 Å². The monoisotopic (exact) mass is 291 g/mol. The number of rotatable bonds is 7. The molecule has 1 fully saturated rings. The van der Waals surface area contributed by atoms with Gasteiger partial charge in [0.2, 0.25) is 5.91 Å². The van der Waals surface area contributed by atoms with E-state index < -0.39 is 6.10 Å². The first-order chi connectivity index (χ1) is 10.2. The smallest absolute Gasteiger partial charge is 0.223 e. The average molecular weight is 291 g/mol. The summed E-state index contributed by atoms with van der Waals surface area (Å²) in [5.41, 5.74) is 1.08. The molecular weight excluding hydrogens is 266 g/mol. The highest BCUT2D eigenvalue weighted by Crippen LogP contribution is 2.24. The third-order valence-corrected chi connectivity index (χ3v) is 4.05. The number of benzene rings is 1. The normalized spacial score (nSPS) is 18.4. The van der Waals surface area contributed by atoms with E-state index in [0.717, 1.165) is 31.2 Å². The molecule has 2 N–H and O–H groups in total. The molecule has 0 heterocycles. The van der Waals surface area contributed by atoms with Crippen LogP contribution >= 0.6 is 0 Å². The Balaban J connectivity index is 1.65. The number of carbonyl (C=O) groups is 1. The largest absolute Gasteiger partial charge is 0.389 e. The van der Waals surface area contributed by atoms with Gasteiger partial charge in [-0.15, -0.1) is 0 Å². The fourth-order valence-corrected chi connectivity index (χ4v) is 2.69. The van der Waals surface area contributed by atoms with E-state index in [0.29, 0.717) is 0 Å². The van der Waals surface area contributed by atoms with Crippen LogP contribution in [0.5, 0.6) is 0 Å². The van der Waals surface area contributed by atoms with Crippen LogP contribution in [0, 0.1) is 5.92 Å². The lowest BCUT2D eigenvalue weighted by Gasteiger charge is -2.18. The van der Waals surface area contributed by atoms with Crippen molar-refractivity contribution in [3.8, 4) is 0 Å². The molecule has 1 saturated carbocycles. The van der Waals surface area contributed by atoms with E-state index in [1.54, 1.807) is 0 Å². The van der Waals surface area contributed by atoms with Crippen LogP contribution in [0.4, 0.5) is 0 Å². The lowest BCUT2D eigenvalue weighted by atomic mass is 10.1. The molecule has 1 aliphatic rings. The standard InChI is InChI=1S/C17H25NO3/c1-13(14-7-3-2-4-8-14)21-12-16(19)11-18-17(20)15-9-5-6-10-15/h2-4,7-8,13,15-16,19H,5-6,9-12H2,1H3,(H,18,20). The van der Waals surface area contributed by atoms with Crippen molar-refractivity contribution in [1.29, 1.82) is 0 Å². The molecule has 2 unspecified atom stereocenters. The maximum atomic E-state index is 11.8. The van der Waals surface area contributed by atoms with Crippen LogP contribution in [0.15, 0.2) is 30.3 Å². The summed E-state index contributed by atoms with van der Waals surface area (Å²) in [6.45, 7) is 2.44. The van der Waals surface area contributed by atoms with E-state index in [1.165, 1.54) is 0 Å². The van der Waals surface area contributed by atoms with Crippen LogP contribution in [0.2, 0.25) is 0 Å². The van der Waals surface area contributed by atoms with Crippen molar-refractivity contribution >= 4 is 5.91 Å². The zero-order valence-electron chi connectivity index (χ0n) is 12.6. The number of carbonyl (C=O) groups excluding carboxylic acids is 1. The molecule has 116 valence electrons. The van der Waals surface area contributed by atoms with Crippen molar-refractivity contribution in [3.63, 3.8) is 0 Å². The minimum Gasteiger partial charge on any atom is -0.389 e. The number of nitrogens with one attached hydrogen (secondary N) is 1. The summed E-state index contributed by atoms with van der Waals surface area (Å²) in [5.74, 6) is 0.212. The summed E-state index contributed by atoms with van der Waals surface area (Å²) in [4.78, 5) is 11.8. The summed E-state index contributed by atoms with van der Waals surface area (Å²) in [6, 6.07) is 9.89. The first-order valence-electron chi connectivity index (χ1n) is 7.79. The molecule has 0 bridgehead atoms. The first-order valence-corrected chi connectivity index (χ1v) is 7.79. The van der Waals surface area contributed by atoms with E-state index in [2.05, 4.69) is 5.32 Å². The summed E-state index contributed by atoms with van der Waals surface area (Å²) in [6.07, 6.45) is 3.50. The van der Waals surface area contributed by atoms with Gasteiger partial charge in [-0.3, -0.25) is 4.79 Å². The molecule has 0 aromatic heterocycles. The van der Waals surface area contributed by atoms with Crippen molar-refractivity contribution in [2.75, 3.05) is 13.2 Å². The molecule has 0 spiro atoms. The number of hydrogen-bond donors (Lipinski definition) is 2. The Morgan fingerprint density at radius 1 is 1.33 bits per heavy atom. The van der Waals surface area contributed by atoms with E-state index >= 15 is 0 Å². The Kier molecular flexibility index (Phi) is 6.21. The maximum absolute atomic E-state index is 11.8. The molecule has 4 nitrogen and oxygen atoms in total. The second-order valence-electron chi connectivity index (χ2n) is 5.77. The summed E-state index contributed by atoms with van der Waals surface area (Å²) < 4.78 is 5.65. The van der Waals surface area contributed by atoms with E-state index in [9.17, 15) is 9.90 Å². The van der Waals surface area contributed by atoms with E-state index in [4.69, 9.17) is 4.74 Å². The Labute approximate surface area is 126 Å². The predicted molar refractivity (Wildman–Crippen MR) is 81.8 cm³/mol. The minimum atomic E-state index is -0.665. The lowest BCUT2D eigenvalue weighted by Crippen LogP contribution is -2.37. The summed E-state index contributed by atoms with van der Waals surface area (Å²) in [5, 5.41) is 12.7. The molecule has 1 aliphatic carbocycles. The minimum absolute atomic E-state index is 0.0635. The molecule has 4 heteroatoms. The SMILES string of the molecule is CC(OCC(O)CNC(=O)C1CCCC1)c1ccccc1. The Hall–Kier alpha value is -1.39. The number of hydrogen-bond acceptors (Lipinski definition) is 3. The highest BCUT2D eigenvalue weighted by atomic mass is 16.5. The van der Waals surface area contributed by atoms with Crippen molar-refractivity contribution in [2.24, 2.45) is 5.92 Å². The highest BCUT2D eigenvalue weighted by molar-refractivity contribution is 5.78. The zero-order valence-corrected chi connectivity index (χ0v) is 12.6. The second-order valence-corrected chi connectivity index (χ2v) is 5.77. The van der Waals surface area contributed by atoms with Gasteiger partial charge in [0.25, 0.3) is 0 Å². The average Bonchev–Trinajstić information content (AvgIpc) is 3.05. The maximum Gasteiger partial charge on any atom is 0.223 e. The molecule has 0 saturated heterocycles. The Bertz CT molecular complexity index is 429. The Morgan fingerprint density at radius 3 is 2.67 bits per heavy atom. The highest BCUT2D eigenvalue weighted by Gasteiger charge is 2.22. The second kappa shape index (κ2) is 8.15. The van der Waals surface area contributed by atoms with Gasteiger partial charge < -0.3 is 15.2 Å². The van der Waals surface area contributed by atoms with Gasteiger partial charge in [-0.25, -0.2) is 0 Å². The van der Waals surface area contributed by atoms with Crippen molar-refractivity contribution < 1.29 is 14.6 Å². The van der Waals surface area contributed by atoms with Gasteiger partial charge in [-0.2, -0.15) is 0 Å². The molecular formula is C17H25NO3. The molecule has 2 rings (SSSR count). The van der Waals surface area contributed by atoms with Gasteiger partial charge in [-0.1, -0.05) is 43.2 Å². The molecule has 21 heavy (non-hydrogen) atoms. The van der Waals surface area contributed by atoms with Gasteiger partial charge in [0.15, 0.2) is 0 Å². The first kappa shape index (κ1) is 16.0. The van der Waals surface area contributed by atoms with Gasteiger partial charge in [0.1, 0.15) is 0 Å². The Morgan fingerprint density at radius 2 is 2.00 bits per heavy atom. The fraction of sp³-hybridized carbons (Fsp3) is 0.588. The number of amides is 1. The predicted octanol–water partition coefficient (Wildman–Crippen LogP) is 2.43. The fourth-order valence-electron chi connectivity index (χ4n) is 2.69. The van der Waals surface area contributed by atoms with E-state index in [-0.39, 0.29) is 31.1 Å². The zero-order chi connectivity index (χ0) is 15.1. The van der Waals surface area contributed by atoms with E-state index in [1.807, 2.05) is 37.3 Å². The van der Waals surface area contributed by atoms with Crippen molar-refractivity contribution in [2.45, 2.75) is 44.8 Å². The number of aliphatic hydroxyl groups is 1. The van der Waals surface area contributed by atoms with Gasteiger partial charge >= 0.3 is 0 Å². The summed E-state index contributed by atoms with van der Waals surface area (Å²) in [7, 11) is 0. The molecule has 0 radical (unpaired) electrons. The molecule has 1 aromatic rings. The van der Waals surface area contributed by atoms with Crippen molar-refractivity contribution in [1.82, 2.24) is 5.32 Å². The van der Waals surface area contributed by atoms with Crippen molar-refractivity contribution in [3.05, 3.63) is 35.9 Å². The van der Waals surface area contributed by atoms with Gasteiger partial charge in [-0.05, 0) is 25.3 Å². The molecule has 0 aliphatic heterocycles. The summed E-state index contributed by atoms with van der Waals surface area (Å²) >= 11 is 0. The van der Waals surface area contributed by atoms with Crippen LogP contribution in [0.1, 0.15) is 44.3 Å². The number of aliphatic hydroxyl groups excluding tert-OH is 1. The van der Waals surface area contributed by atoms with Crippen LogP contribution < -0.4 is 5.32 Å². The quantitative estimate of drug-likeness (QED) is 0.811. The topological polar surface area (TPSA) is 58.6 Å². The molecule has 1 aromatic carbocycles. The van der Waals surface area contributed by atoms with Crippen LogP contribution in [0.3, 0.4) is 0 Å². The van der Waals surface area contributed by atoms with Crippen LogP contribution in [0.25, 0.3) is 0 Å². The number of ether oxygens (including phenoxy) is 1. The van der Waals surface area contributed by atoms with Crippen LogP contribution in [-0.4, -0.2) is 30.3 Å². The third-order valence-electron chi connectivity index (χ3n) is 4.05. The molecule has 2 atom stereocenters. The van der Waals surface area contributed by atoms with Gasteiger partial charge in [0, 0.05) is 12.5 Å². The third kappa shape index (κ3) is 5.14. The lowest BCUT2D eigenvalue weighted by molar-refractivity contribution is -0.125. The van der Waals surface area contributed by atoms with Gasteiger partial charge in [0.05, 0.1) is 18.8 Å². The molecule has 1 amide bonds.